The minimum Gasteiger partial charge on any atom is -0.366 e. The Balaban J connectivity index is 2.03. The van der Waals surface area contributed by atoms with Crippen molar-refractivity contribution in [3.63, 3.8) is 0 Å². The van der Waals surface area contributed by atoms with Crippen LogP contribution in [0.15, 0.2) is 48.5 Å². The first-order valence-corrected chi connectivity index (χ1v) is 6.60. The summed E-state index contributed by atoms with van der Waals surface area (Å²) in [6.07, 6.45) is 0. The fourth-order valence-electron chi connectivity index (χ4n) is 2.01. The first kappa shape index (κ1) is 13.3. The molecular weight excluding hydrogens is 288 g/mol. The third-order valence-corrected chi connectivity index (χ3v) is 3.29. The summed E-state index contributed by atoms with van der Waals surface area (Å²) in [5.41, 5.74) is 7.21. The summed E-state index contributed by atoms with van der Waals surface area (Å²) in [4.78, 5) is 15.9. The number of aromatic nitrogens is 3. The highest BCUT2D eigenvalue weighted by Gasteiger charge is 2.14. The Morgan fingerprint density at radius 3 is 2.52 bits per heavy atom. The van der Waals surface area contributed by atoms with Gasteiger partial charge in [0.05, 0.1) is 5.56 Å². The van der Waals surface area contributed by atoms with E-state index >= 15 is 0 Å². The average Bonchev–Trinajstić information content (AvgIpc) is 2.97. The molecule has 0 aliphatic carbocycles. The van der Waals surface area contributed by atoms with Crippen molar-refractivity contribution in [3.8, 4) is 22.8 Å². The van der Waals surface area contributed by atoms with Crippen molar-refractivity contribution in [2.24, 2.45) is 5.73 Å². The summed E-state index contributed by atoms with van der Waals surface area (Å²) < 4.78 is 0. The predicted molar refractivity (Wildman–Crippen MR) is 80.8 cm³/mol. The maximum atomic E-state index is 11.5. The summed E-state index contributed by atoms with van der Waals surface area (Å²) in [5, 5.41) is 7.65. The second-order valence-electron chi connectivity index (χ2n) is 4.42. The number of rotatable bonds is 3. The van der Waals surface area contributed by atoms with Gasteiger partial charge in [0.1, 0.15) is 0 Å². The Hall–Kier alpha value is -2.66. The highest BCUT2D eigenvalue weighted by atomic mass is 35.5. The van der Waals surface area contributed by atoms with Crippen LogP contribution in [0.3, 0.4) is 0 Å². The summed E-state index contributed by atoms with van der Waals surface area (Å²) in [6.45, 7) is 0. The van der Waals surface area contributed by atoms with Gasteiger partial charge in [-0.15, -0.1) is 0 Å². The number of H-pyrrole nitrogens is 1. The maximum absolute atomic E-state index is 11.5. The molecule has 0 fully saturated rings. The van der Waals surface area contributed by atoms with E-state index in [1.165, 1.54) is 0 Å². The number of carbonyl (C=O) groups excluding carboxylic acids is 1. The molecule has 3 N–H and O–H groups in total. The fourth-order valence-corrected chi connectivity index (χ4v) is 2.14. The molecule has 21 heavy (non-hydrogen) atoms. The highest BCUT2D eigenvalue weighted by molar-refractivity contribution is 6.30. The molecule has 0 radical (unpaired) electrons. The Kier molecular flexibility index (Phi) is 3.41. The van der Waals surface area contributed by atoms with Gasteiger partial charge < -0.3 is 5.73 Å². The summed E-state index contributed by atoms with van der Waals surface area (Å²) in [5.74, 6) is 0.513. The standard InChI is InChI=1S/C15H11ClN4O/c16-10-7-5-9(6-8-10)14-18-15(20-19-14)12-4-2-1-3-11(12)13(17)21/h1-8H,(H2,17,21)(H,18,19,20). The van der Waals surface area contributed by atoms with Gasteiger partial charge in [-0.2, -0.15) is 5.10 Å². The Labute approximate surface area is 125 Å². The quantitative estimate of drug-likeness (QED) is 0.779. The normalized spacial score (nSPS) is 10.5. The van der Waals surface area contributed by atoms with E-state index in [0.29, 0.717) is 27.8 Å². The first-order valence-electron chi connectivity index (χ1n) is 6.22. The number of halogens is 1. The van der Waals surface area contributed by atoms with Gasteiger partial charge in [-0.1, -0.05) is 29.8 Å². The lowest BCUT2D eigenvalue weighted by molar-refractivity contribution is 0.100. The van der Waals surface area contributed by atoms with Crippen molar-refractivity contribution in [2.45, 2.75) is 0 Å². The maximum Gasteiger partial charge on any atom is 0.249 e. The molecule has 2 aromatic carbocycles. The lowest BCUT2D eigenvalue weighted by atomic mass is 10.1. The molecule has 3 aromatic rings. The summed E-state index contributed by atoms with van der Waals surface area (Å²) in [7, 11) is 0. The van der Waals surface area contributed by atoms with Crippen LogP contribution in [0.25, 0.3) is 22.8 Å². The lowest BCUT2D eigenvalue weighted by Gasteiger charge is -2.01. The van der Waals surface area contributed by atoms with Gasteiger partial charge in [0, 0.05) is 16.1 Å². The zero-order chi connectivity index (χ0) is 14.8. The van der Waals surface area contributed by atoms with E-state index in [-0.39, 0.29) is 0 Å². The van der Waals surface area contributed by atoms with Crippen molar-refractivity contribution < 1.29 is 4.79 Å². The largest absolute Gasteiger partial charge is 0.366 e. The van der Waals surface area contributed by atoms with E-state index in [1.807, 2.05) is 12.1 Å². The van der Waals surface area contributed by atoms with E-state index in [1.54, 1.807) is 36.4 Å². The minimum absolute atomic E-state index is 0.388. The topological polar surface area (TPSA) is 84.7 Å². The molecule has 104 valence electrons. The van der Waals surface area contributed by atoms with Crippen molar-refractivity contribution in [1.29, 1.82) is 0 Å². The molecule has 3 rings (SSSR count). The number of amides is 1. The number of primary amides is 1. The van der Waals surface area contributed by atoms with E-state index in [2.05, 4.69) is 15.2 Å². The van der Waals surface area contributed by atoms with Crippen LogP contribution in [0.4, 0.5) is 0 Å². The Morgan fingerprint density at radius 1 is 1.10 bits per heavy atom. The molecule has 5 nitrogen and oxygen atoms in total. The zero-order valence-electron chi connectivity index (χ0n) is 10.9. The van der Waals surface area contributed by atoms with Gasteiger partial charge in [-0.3, -0.25) is 9.89 Å². The van der Waals surface area contributed by atoms with E-state index < -0.39 is 5.91 Å². The molecule has 0 aliphatic rings. The number of hydrogen-bond donors (Lipinski definition) is 2. The average molecular weight is 299 g/mol. The smallest absolute Gasteiger partial charge is 0.249 e. The molecule has 0 atom stereocenters. The van der Waals surface area contributed by atoms with Gasteiger partial charge in [-0.25, -0.2) is 4.98 Å². The third kappa shape index (κ3) is 2.64. The number of aromatic amines is 1. The SMILES string of the molecule is NC(=O)c1ccccc1-c1n[nH]c(-c2ccc(Cl)cc2)n1. The number of nitrogens with zero attached hydrogens (tertiary/aromatic N) is 2. The van der Waals surface area contributed by atoms with Crippen LogP contribution in [0.1, 0.15) is 10.4 Å². The molecule has 1 heterocycles. The van der Waals surface area contributed by atoms with Gasteiger partial charge in [0.25, 0.3) is 0 Å². The first-order chi connectivity index (χ1) is 10.1. The molecule has 0 aliphatic heterocycles. The van der Waals surface area contributed by atoms with Crippen LogP contribution in [0.5, 0.6) is 0 Å². The lowest BCUT2D eigenvalue weighted by Crippen LogP contribution is -2.12. The van der Waals surface area contributed by atoms with E-state index in [9.17, 15) is 4.79 Å². The van der Waals surface area contributed by atoms with Crippen LogP contribution in [0, 0.1) is 0 Å². The third-order valence-electron chi connectivity index (χ3n) is 3.04. The predicted octanol–water partition coefficient (Wildman–Crippen LogP) is 2.89. The summed E-state index contributed by atoms with van der Waals surface area (Å²) >= 11 is 5.86. The molecular formula is C15H11ClN4O. The fraction of sp³-hybridized carbons (Fsp3) is 0. The number of nitrogens with one attached hydrogen (secondary N) is 1. The van der Waals surface area contributed by atoms with Gasteiger partial charge >= 0.3 is 0 Å². The Morgan fingerprint density at radius 2 is 1.81 bits per heavy atom. The molecule has 0 spiro atoms. The van der Waals surface area contributed by atoms with Crippen LogP contribution in [-0.4, -0.2) is 21.1 Å². The highest BCUT2D eigenvalue weighted by Crippen LogP contribution is 2.23. The van der Waals surface area contributed by atoms with Crippen molar-refractivity contribution in [1.82, 2.24) is 15.2 Å². The van der Waals surface area contributed by atoms with Crippen LogP contribution in [0.2, 0.25) is 5.02 Å². The van der Waals surface area contributed by atoms with E-state index in [4.69, 9.17) is 17.3 Å². The molecule has 0 saturated carbocycles. The van der Waals surface area contributed by atoms with Gasteiger partial charge in [0.2, 0.25) is 5.91 Å². The monoisotopic (exact) mass is 298 g/mol. The van der Waals surface area contributed by atoms with Crippen LogP contribution < -0.4 is 5.73 Å². The second kappa shape index (κ2) is 5.38. The molecule has 1 amide bonds. The van der Waals surface area contributed by atoms with Crippen molar-refractivity contribution in [3.05, 3.63) is 59.1 Å². The number of hydrogen-bond acceptors (Lipinski definition) is 3. The molecule has 6 heteroatoms. The van der Waals surface area contributed by atoms with Crippen molar-refractivity contribution in [2.75, 3.05) is 0 Å². The van der Waals surface area contributed by atoms with Crippen LogP contribution >= 0.6 is 11.6 Å². The minimum atomic E-state index is -0.511. The number of nitrogens with two attached hydrogens (primary N) is 1. The van der Waals surface area contributed by atoms with Gasteiger partial charge in [0.15, 0.2) is 11.6 Å². The molecule has 1 aromatic heterocycles. The molecule has 0 saturated heterocycles. The number of carbonyl (C=O) groups is 1. The molecule has 0 unspecified atom stereocenters. The Bertz CT molecular complexity index is 795. The van der Waals surface area contributed by atoms with Gasteiger partial charge in [-0.05, 0) is 30.3 Å². The second-order valence-corrected chi connectivity index (χ2v) is 4.86. The number of benzene rings is 2. The van der Waals surface area contributed by atoms with Crippen molar-refractivity contribution >= 4 is 17.5 Å². The summed E-state index contributed by atoms with van der Waals surface area (Å²) in [6, 6.07) is 14.2. The zero-order valence-corrected chi connectivity index (χ0v) is 11.6. The van der Waals surface area contributed by atoms with E-state index in [0.717, 1.165) is 5.56 Å². The molecule has 0 bridgehead atoms. The van der Waals surface area contributed by atoms with Crippen LogP contribution in [-0.2, 0) is 0 Å².